The van der Waals surface area contributed by atoms with Crippen molar-refractivity contribution in [2.24, 2.45) is 0 Å². The molecule has 43 heavy (non-hydrogen) atoms. The van der Waals surface area contributed by atoms with Crippen LogP contribution >= 0.6 is 39.0 Å². The quantitative estimate of drug-likeness (QED) is 0.131. The van der Waals surface area contributed by atoms with Crippen LogP contribution < -0.4 is 0 Å². The maximum absolute atomic E-state index is 9.58. The Labute approximate surface area is 263 Å². The number of rotatable bonds is 9. The topological polar surface area (TPSA) is 115 Å². The van der Waals surface area contributed by atoms with Crippen molar-refractivity contribution in [2.45, 2.75) is 24.6 Å². The van der Waals surface area contributed by atoms with Crippen molar-refractivity contribution < 1.29 is 30.1 Å². The molecule has 0 bridgehead atoms. The van der Waals surface area contributed by atoms with E-state index >= 15 is 0 Å². The molecule has 0 spiro atoms. The van der Waals surface area contributed by atoms with E-state index < -0.39 is 29.1 Å². The van der Waals surface area contributed by atoms with Gasteiger partial charge in [0.2, 0.25) is 0 Å². The Morgan fingerprint density at radius 2 is 0.605 bits per heavy atom. The highest BCUT2D eigenvalue weighted by Gasteiger charge is 2.37. The highest BCUT2D eigenvalue weighted by atomic mass is 32.1. The van der Waals surface area contributed by atoms with Gasteiger partial charge in [-0.3, -0.25) is 0 Å². The Hall–Kier alpha value is -1.53. The van der Waals surface area contributed by atoms with Crippen LogP contribution in [0.1, 0.15) is 23.7 Å². The second-order valence-electron chi connectivity index (χ2n) is 11.5. The third kappa shape index (κ3) is 16.9. The summed E-state index contributed by atoms with van der Waals surface area (Å²) >= 11 is 0. The molecule has 11 heteroatoms. The molecule has 0 aliphatic heterocycles. The first-order chi connectivity index (χ1) is 19.6. The molecule has 0 saturated heterocycles. The molecule has 234 valence electrons. The third-order valence-corrected chi connectivity index (χ3v) is 13.8. The highest BCUT2D eigenvalue weighted by molar-refractivity contribution is 8.26. The summed E-state index contributed by atoms with van der Waals surface area (Å²) in [4.78, 5) is 30.8. The van der Waals surface area contributed by atoms with Crippen LogP contribution in [0.15, 0.2) is 121 Å². The standard InChI is InChI=1S/2C16H20P.H4O6P2.H3P/c2*1-17(2,13-15-9-5-3-6-10-15)14-16-11-7-4-8-12-16;1-7(2,3)8(4,5)6;/h2*3-12H,13-14H2,1-2H3;(H2,1,2,3)(H2,4,5,6);1H3/q2*+1;;/p+1. The van der Waals surface area contributed by atoms with Gasteiger partial charge in [0, 0.05) is 41.2 Å². The Bertz CT molecular complexity index is 1220. The van der Waals surface area contributed by atoms with Crippen molar-refractivity contribution in [1.29, 1.82) is 0 Å². The number of hydrogen-bond acceptors (Lipinski definition) is 2. The summed E-state index contributed by atoms with van der Waals surface area (Å²) < 4.78 is 19.2. The molecule has 0 fully saturated rings. The fourth-order valence-corrected chi connectivity index (χ4v) is 9.44. The second-order valence-corrected chi connectivity index (χ2v) is 25.7. The summed E-state index contributed by atoms with van der Waals surface area (Å²) in [7, 11) is -12.1. The van der Waals surface area contributed by atoms with Gasteiger partial charge in [0.05, 0.1) is 24.6 Å². The Morgan fingerprint density at radius 1 is 0.442 bits per heavy atom. The molecule has 0 heterocycles. The van der Waals surface area contributed by atoms with E-state index in [4.69, 9.17) is 19.6 Å². The molecular weight excluding hydrogens is 635 g/mol. The molecule has 0 radical (unpaired) electrons. The van der Waals surface area contributed by atoms with E-state index in [1.807, 2.05) is 0 Å². The molecule has 4 N–H and O–H groups in total. The molecule has 4 aromatic rings. The molecule has 0 amide bonds. The minimum atomic E-state index is -5.18. The van der Waals surface area contributed by atoms with Gasteiger partial charge in [0.25, 0.3) is 0 Å². The van der Waals surface area contributed by atoms with Crippen LogP contribution in [-0.2, 0) is 33.8 Å². The predicted molar refractivity (Wildman–Crippen MR) is 194 cm³/mol. The van der Waals surface area contributed by atoms with E-state index in [-0.39, 0.29) is 11.3 Å². The highest BCUT2D eigenvalue weighted by Crippen LogP contribution is 2.71. The lowest BCUT2D eigenvalue weighted by Crippen LogP contribution is -1.98. The van der Waals surface area contributed by atoms with E-state index in [2.05, 4.69) is 148 Å². The van der Waals surface area contributed by atoms with Crippen molar-refractivity contribution in [3.8, 4) is 0 Å². The van der Waals surface area contributed by atoms with Crippen molar-refractivity contribution in [3.63, 3.8) is 0 Å². The van der Waals surface area contributed by atoms with Crippen molar-refractivity contribution in [1.82, 2.24) is 0 Å². The van der Waals surface area contributed by atoms with Crippen LogP contribution in [0.3, 0.4) is 0 Å². The first-order valence-corrected chi connectivity index (χ1v) is 23.5. The van der Waals surface area contributed by atoms with Crippen molar-refractivity contribution >= 4 is 39.0 Å². The van der Waals surface area contributed by atoms with Crippen LogP contribution in [0, 0.1) is 0 Å². The zero-order valence-corrected chi connectivity index (χ0v) is 30.5. The maximum Gasteiger partial charge on any atom is 1.00 e. The van der Waals surface area contributed by atoms with Crippen molar-refractivity contribution in [3.05, 3.63) is 144 Å². The normalized spacial score (nSPS) is 11.6. The summed E-state index contributed by atoms with van der Waals surface area (Å²) in [6.07, 6.45) is 4.96. The summed E-state index contributed by atoms with van der Waals surface area (Å²) in [5.74, 6) is 0. The molecule has 1 atom stereocenters. The molecule has 6 nitrogen and oxygen atoms in total. The Kier molecular flexibility index (Phi) is 16.9. The summed E-state index contributed by atoms with van der Waals surface area (Å²) in [6.45, 7) is 9.81. The van der Waals surface area contributed by atoms with Crippen LogP contribution in [0.25, 0.3) is 0 Å². The van der Waals surface area contributed by atoms with E-state index in [1.54, 1.807) is 0 Å². The fourth-order valence-electron chi connectivity index (χ4n) is 4.42. The molecule has 0 saturated carbocycles. The number of benzene rings is 4. The molecular formula is C32H48O6P5+3. The van der Waals surface area contributed by atoms with Gasteiger partial charge in [-0.25, -0.2) is 9.13 Å². The van der Waals surface area contributed by atoms with Gasteiger partial charge < -0.3 is 19.6 Å². The first kappa shape index (κ1) is 39.5. The van der Waals surface area contributed by atoms with Gasteiger partial charge in [0.1, 0.15) is 0 Å². The van der Waals surface area contributed by atoms with Gasteiger partial charge >= 0.3 is 16.0 Å². The predicted octanol–water partition coefficient (Wildman–Crippen LogP) is 8.76. The summed E-state index contributed by atoms with van der Waals surface area (Å²) in [5.41, 5.74) is 5.90. The largest absolute Gasteiger partial charge is 1.00 e. The van der Waals surface area contributed by atoms with Crippen LogP contribution in [0.2, 0.25) is 0 Å². The number of hydrogen-bond donors (Lipinski definition) is 4. The van der Waals surface area contributed by atoms with E-state index in [9.17, 15) is 9.13 Å². The lowest BCUT2D eigenvalue weighted by molar-refractivity contribution is 0.340. The average Bonchev–Trinajstić information content (AvgIpc) is 2.89. The van der Waals surface area contributed by atoms with Gasteiger partial charge in [-0.15, -0.1) is 0 Å². The fraction of sp³-hybridized carbons (Fsp3) is 0.250. The second kappa shape index (κ2) is 18.4. The van der Waals surface area contributed by atoms with Crippen molar-refractivity contribution in [2.75, 3.05) is 26.7 Å². The van der Waals surface area contributed by atoms with Crippen LogP contribution in [-0.4, -0.2) is 46.2 Å². The third-order valence-electron chi connectivity index (χ3n) is 6.15. The first-order valence-electron chi connectivity index (χ1n) is 13.5. The van der Waals surface area contributed by atoms with Gasteiger partial charge in [-0.1, -0.05) is 121 Å². The van der Waals surface area contributed by atoms with Gasteiger partial charge in [-0.2, -0.15) is 9.90 Å². The van der Waals surface area contributed by atoms with E-state index in [0.29, 0.717) is 0 Å². The molecule has 0 aliphatic rings. The molecule has 0 aliphatic carbocycles. The summed E-state index contributed by atoms with van der Waals surface area (Å²) in [5, 5.41) is 0. The SMILES string of the molecule is C[P+](C)(Cc1ccccc1)Cc1ccccc1.C[P+](C)(Cc1ccccc1)Cc1ccccc1.O=P(O)(O)P(=O)(O)O.P.[H+]. The zero-order valence-electron chi connectivity index (χ0n) is 26.5. The zero-order chi connectivity index (χ0) is 31.3. The van der Waals surface area contributed by atoms with Crippen LogP contribution in [0.5, 0.6) is 0 Å². The average molecular weight is 684 g/mol. The smallest absolute Gasteiger partial charge is 0.316 e. The molecule has 4 rings (SSSR count). The monoisotopic (exact) mass is 683 g/mol. The Morgan fingerprint density at radius 3 is 0.744 bits per heavy atom. The lowest BCUT2D eigenvalue weighted by atomic mass is 10.2. The molecule has 0 aromatic heterocycles. The minimum absolute atomic E-state index is 0. The van der Waals surface area contributed by atoms with Crippen LogP contribution in [0.4, 0.5) is 0 Å². The van der Waals surface area contributed by atoms with E-state index in [1.165, 1.54) is 46.9 Å². The lowest BCUT2D eigenvalue weighted by Gasteiger charge is -2.18. The Balaban J connectivity index is 0.000000657. The van der Waals surface area contributed by atoms with E-state index in [0.717, 1.165) is 0 Å². The van der Waals surface area contributed by atoms with Gasteiger partial charge in [0.15, 0.2) is 0 Å². The molecule has 1 unspecified atom stereocenters. The van der Waals surface area contributed by atoms with Gasteiger partial charge in [-0.05, 0) is 22.3 Å². The molecule has 4 aromatic carbocycles. The summed E-state index contributed by atoms with van der Waals surface area (Å²) in [6, 6.07) is 43.4. The minimum Gasteiger partial charge on any atom is -0.316 e. The maximum atomic E-state index is 9.58.